The Kier molecular flexibility index (Phi) is 5.36. The second-order valence-corrected chi connectivity index (χ2v) is 6.62. The number of aromatic nitrogens is 3. The van der Waals surface area contributed by atoms with Crippen LogP contribution in [0.1, 0.15) is 44.7 Å². The highest BCUT2D eigenvalue weighted by atomic mass is 16.2. The van der Waals surface area contributed by atoms with E-state index < -0.39 is 0 Å². The zero-order valence-electron chi connectivity index (χ0n) is 15.0. The van der Waals surface area contributed by atoms with E-state index in [9.17, 15) is 9.59 Å². The molecule has 0 bridgehead atoms. The number of carbonyl (C=O) groups is 1. The number of pyridine rings is 1. The van der Waals surface area contributed by atoms with Gasteiger partial charge in [0, 0.05) is 24.7 Å². The van der Waals surface area contributed by atoms with Gasteiger partial charge in [0.05, 0.1) is 5.69 Å². The first kappa shape index (κ1) is 17.5. The monoisotopic (exact) mass is 342 g/mol. The minimum Gasteiger partial charge on any atom is -0.354 e. The van der Waals surface area contributed by atoms with Gasteiger partial charge in [0.1, 0.15) is 12.1 Å². The van der Waals surface area contributed by atoms with Gasteiger partial charge >= 0.3 is 0 Å². The summed E-state index contributed by atoms with van der Waals surface area (Å²) in [5.41, 5.74) is 2.69. The molecule has 134 valence electrons. The second kappa shape index (κ2) is 7.68. The summed E-state index contributed by atoms with van der Waals surface area (Å²) in [7, 11) is 0. The molecule has 1 amide bonds. The zero-order valence-corrected chi connectivity index (χ0v) is 15.0. The van der Waals surface area contributed by atoms with Crippen LogP contribution >= 0.6 is 0 Å². The Hall–Kier alpha value is -2.37. The van der Waals surface area contributed by atoms with E-state index in [4.69, 9.17) is 0 Å². The zero-order chi connectivity index (χ0) is 17.8. The molecule has 0 fully saturated rings. The quantitative estimate of drug-likeness (QED) is 0.820. The van der Waals surface area contributed by atoms with Crippen molar-refractivity contribution in [2.75, 3.05) is 6.54 Å². The molecule has 0 aromatic carbocycles. The Bertz CT molecular complexity index is 860. The number of carbonyl (C=O) groups excluding carboxylic acids is 1. The molecule has 6 heteroatoms. The first-order valence-electron chi connectivity index (χ1n) is 9.11. The molecule has 0 saturated heterocycles. The normalized spacial score (nSPS) is 14.6. The smallest absolute Gasteiger partial charge is 0.277 e. The van der Waals surface area contributed by atoms with Crippen molar-refractivity contribution in [3.63, 3.8) is 0 Å². The minimum absolute atomic E-state index is 0.0434. The van der Waals surface area contributed by atoms with E-state index in [2.05, 4.69) is 16.5 Å². The van der Waals surface area contributed by atoms with Crippen LogP contribution in [0.15, 0.2) is 28.7 Å². The Balaban J connectivity index is 1.66. The van der Waals surface area contributed by atoms with Crippen LogP contribution in [0.4, 0.5) is 0 Å². The predicted molar refractivity (Wildman–Crippen MR) is 98.6 cm³/mol. The van der Waals surface area contributed by atoms with E-state index in [0.717, 1.165) is 30.3 Å². The van der Waals surface area contributed by atoms with Crippen molar-refractivity contribution in [3.8, 4) is 0 Å². The Morgan fingerprint density at radius 3 is 2.92 bits per heavy atom. The van der Waals surface area contributed by atoms with Gasteiger partial charge in [-0.05, 0) is 52.0 Å². The number of hydrogen-bond acceptors (Lipinski definition) is 3. The summed E-state index contributed by atoms with van der Waals surface area (Å²) in [6.07, 6.45) is 9.71. The summed E-state index contributed by atoms with van der Waals surface area (Å²) in [4.78, 5) is 24.9. The molecule has 0 radical (unpaired) electrons. The predicted octanol–water partition coefficient (Wildman–Crippen LogP) is 2.53. The summed E-state index contributed by atoms with van der Waals surface area (Å²) in [5.74, 6) is -0.128. The number of amides is 1. The van der Waals surface area contributed by atoms with Gasteiger partial charge in [-0.1, -0.05) is 11.6 Å². The van der Waals surface area contributed by atoms with Crippen molar-refractivity contribution in [3.05, 3.63) is 40.0 Å². The number of nitrogens with zero attached hydrogens (tertiary/aromatic N) is 3. The lowest BCUT2D eigenvalue weighted by Gasteiger charge is -2.13. The maximum absolute atomic E-state index is 12.7. The van der Waals surface area contributed by atoms with Crippen LogP contribution in [0.25, 0.3) is 10.9 Å². The van der Waals surface area contributed by atoms with Crippen LogP contribution in [0.2, 0.25) is 0 Å². The maximum Gasteiger partial charge on any atom is 0.277 e. The fourth-order valence-electron chi connectivity index (χ4n) is 3.45. The Morgan fingerprint density at radius 1 is 1.36 bits per heavy atom. The third-order valence-corrected chi connectivity index (χ3v) is 4.83. The molecular weight excluding hydrogens is 316 g/mol. The lowest BCUT2D eigenvalue weighted by molar-refractivity contribution is -0.121. The molecule has 2 heterocycles. The average Bonchev–Trinajstić information content (AvgIpc) is 2.95. The molecule has 1 aliphatic rings. The van der Waals surface area contributed by atoms with Gasteiger partial charge in [0.2, 0.25) is 5.91 Å². The van der Waals surface area contributed by atoms with Crippen molar-refractivity contribution in [2.24, 2.45) is 0 Å². The van der Waals surface area contributed by atoms with Gasteiger partial charge in [-0.15, -0.1) is 0 Å². The maximum atomic E-state index is 12.7. The molecule has 2 aromatic rings. The van der Waals surface area contributed by atoms with Crippen molar-refractivity contribution in [1.82, 2.24) is 19.7 Å². The van der Waals surface area contributed by atoms with E-state index in [0.29, 0.717) is 18.6 Å². The van der Waals surface area contributed by atoms with Gasteiger partial charge in [-0.25, -0.2) is 0 Å². The number of allylic oxidation sites excluding steroid dienone is 1. The summed E-state index contributed by atoms with van der Waals surface area (Å²) < 4.78 is 3.17. The van der Waals surface area contributed by atoms with E-state index in [1.54, 1.807) is 10.9 Å². The van der Waals surface area contributed by atoms with Crippen molar-refractivity contribution >= 4 is 16.8 Å². The number of aryl methyl sites for hydroxylation is 2. The number of hydrogen-bond donors (Lipinski definition) is 1. The molecule has 0 saturated carbocycles. The van der Waals surface area contributed by atoms with E-state index >= 15 is 0 Å². The molecule has 0 unspecified atom stereocenters. The van der Waals surface area contributed by atoms with Crippen molar-refractivity contribution in [2.45, 2.75) is 59.0 Å². The van der Waals surface area contributed by atoms with Crippen LogP contribution < -0.4 is 10.9 Å². The number of rotatable bonds is 6. The van der Waals surface area contributed by atoms with Crippen LogP contribution in [0.5, 0.6) is 0 Å². The lowest BCUT2D eigenvalue weighted by Crippen LogP contribution is -2.33. The molecule has 25 heavy (non-hydrogen) atoms. The van der Waals surface area contributed by atoms with Crippen LogP contribution in [0, 0.1) is 6.92 Å². The van der Waals surface area contributed by atoms with E-state index in [-0.39, 0.29) is 18.0 Å². The molecule has 6 nitrogen and oxygen atoms in total. The third kappa shape index (κ3) is 3.83. The number of fused-ring (bicyclic) bond motifs is 1. The van der Waals surface area contributed by atoms with Crippen molar-refractivity contribution < 1.29 is 4.79 Å². The summed E-state index contributed by atoms with van der Waals surface area (Å²) >= 11 is 0. The fourth-order valence-corrected chi connectivity index (χ4v) is 3.45. The third-order valence-electron chi connectivity index (χ3n) is 4.83. The highest BCUT2D eigenvalue weighted by Crippen LogP contribution is 2.19. The molecule has 0 atom stereocenters. The standard InChI is InChI=1S/C19H26N4O2/c1-3-23-18-16(14(2)21-23)10-12-22(19(18)25)13-17(24)20-11-9-15-7-5-4-6-8-15/h7,10,12H,3-6,8-9,11,13H2,1-2H3,(H,20,24). The van der Waals surface area contributed by atoms with E-state index in [1.165, 1.54) is 23.0 Å². The van der Waals surface area contributed by atoms with Gasteiger partial charge in [-0.2, -0.15) is 5.10 Å². The molecular formula is C19H26N4O2. The highest BCUT2D eigenvalue weighted by molar-refractivity contribution is 5.81. The Labute approximate surface area is 147 Å². The highest BCUT2D eigenvalue weighted by Gasteiger charge is 2.13. The van der Waals surface area contributed by atoms with Gasteiger partial charge in [0.25, 0.3) is 5.56 Å². The average molecular weight is 342 g/mol. The molecule has 3 rings (SSSR count). The molecule has 0 aliphatic heterocycles. The summed E-state index contributed by atoms with van der Waals surface area (Å²) in [5, 5.41) is 8.17. The fraction of sp³-hybridized carbons (Fsp3) is 0.526. The minimum atomic E-state index is -0.162. The molecule has 1 aliphatic carbocycles. The first-order chi connectivity index (χ1) is 12.1. The van der Waals surface area contributed by atoms with Crippen LogP contribution in [-0.4, -0.2) is 26.8 Å². The van der Waals surface area contributed by atoms with Gasteiger partial charge < -0.3 is 9.88 Å². The first-order valence-corrected chi connectivity index (χ1v) is 9.11. The SMILES string of the molecule is CCn1nc(C)c2ccn(CC(=O)NCCC3=CCCCC3)c(=O)c21. The second-order valence-electron chi connectivity index (χ2n) is 6.62. The van der Waals surface area contributed by atoms with Crippen LogP contribution in [-0.2, 0) is 17.9 Å². The van der Waals surface area contributed by atoms with Gasteiger partial charge in [0.15, 0.2) is 0 Å². The van der Waals surface area contributed by atoms with Crippen molar-refractivity contribution in [1.29, 1.82) is 0 Å². The summed E-state index contributed by atoms with van der Waals surface area (Å²) in [6, 6.07) is 1.87. The molecule has 2 aromatic heterocycles. The Morgan fingerprint density at radius 2 is 2.20 bits per heavy atom. The topological polar surface area (TPSA) is 68.9 Å². The summed E-state index contributed by atoms with van der Waals surface area (Å²) in [6.45, 7) is 5.15. The molecule has 1 N–H and O–H groups in total. The van der Waals surface area contributed by atoms with Crippen LogP contribution in [0.3, 0.4) is 0 Å². The largest absolute Gasteiger partial charge is 0.354 e. The van der Waals surface area contributed by atoms with Gasteiger partial charge in [-0.3, -0.25) is 14.3 Å². The van der Waals surface area contributed by atoms with E-state index in [1.807, 2.05) is 19.9 Å². The lowest BCUT2D eigenvalue weighted by atomic mass is 9.97. The number of nitrogens with one attached hydrogen (secondary N) is 1. The molecule has 0 spiro atoms.